The molecular weight excluding hydrogens is 290 g/mol. The number of rotatable bonds is 3. The molecular formula is C15H24BrNO. The fourth-order valence-corrected chi connectivity index (χ4v) is 6.70. The van der Waals surface area contributed by atoms with Gasteiger partial charge >= 0.3 is 0 Å². The summed E-state index contributed by atoms with van der Waals surface area (Å²) in [6.07, 6.45) is 7.38. The number of halogens is 1. The molecule has 4 saturated carbocycles. The molecule has 102 valence electrons. The Morgan fingerprint density at radius 1 is 1.17 bits per heavy atom. The Kier molecular flexibility index (Phi) is 3.04. The lowest BCUT2D eigenvalue weighted by Crippen LogP contribution is -2.58. The first-order valence-corrected chi connectivity index (χ1v) is 8.28. The molecule has 4 aliphatic rings. The molecule has 4 aliphatic carbocycles. The summed E-state index contributed by atoms with van der Waals surface area (Å²) in [5.74, 6) is 2.04. The maximum atomic E-state index is 12.9. The van der Waals surface area contributed by atoms with Crippen LogP contribution in [0.1, 0.15) is 52.4 Å². The molecule has 0 heterocycles. The normalized spacial score (nSPS) is 45.3. The zero-order valence-electron chi connectivity index (χ0n) is 11.5. The molecule has 0 radical (unpaired) electrons. The van der Waals surface area contributed by atoms with Crippen molar-refractivity contribution in [3.8, 4) is 0 Å². The van der Waals surface area contributed by atoms with Crippen molar-refractivity contribution in [2.45, 2.75) is 56.7 Å². The zero-order valence-corrected chi connectivity index (χ0v) is 13.1. The van der Waals surface area contributed by atoms with Crippen molar-refractivity contribution in [2.75, 3.05) is 13.1 Å². The lowest BCUT2D eigenvalue weighted by atomic mass is 9.49. The molecule has 0 aromatic carbocycles. The Morgan fingerprint density at radius 2 is 1.72 bits per heavy atom. The van der Waals surface area contributed by atoms with Crippen LogP contribution in [0.3, 0.4) is 0 Å². The number of carbonyl (C=O) groups excluding carboxylic acids is 1. The number of nitrogens with zero attached hydrogens (tertiary/aromatic N) is 1. The van der Waals surface area contributed by atoms with Crippen LogP contribution < -0.4 is 0 Å². The van der Waals surface area contributed by atoms with Gasteiger partial charge in [-0.25, -0.2) is 0 Å². The van der Waals surface area contributed by atoms with Crippen molar-refractivity contribution in [1.29, 1.82) is 0 Å². The first-order valence-electron chi connectivity index (χ1n) is 7.48. The maximum absolute atomic E-state index is 12.9. The SMILES string of the molecule is CCN(CC)C(=O)C12C[C@H]3C[C@@H](CC(Br)(C3)C1)C2. The molecule has 2 atom stereocenters. The summed E-state index contributed by atoms with van der Waals surface area (Å²) in [7, 11) is 0. The van der Waals surface area contributed by atoms with Crippen LogP contribution in [-0.2, 0) is 4.79 Å². The third-order valence-electron chi connectivity index (χ3n) is 5.49. The van der Waals surface area contributed by atoms with Crippen LogP contribution in [0.5, 0.6) is 0 Å². The predicted octanol–water partition coefficient (Wildman–Crippen LogP) is 3.59. The number of hydrogen-bond acceptors (Lipinski definition) is 1. The zero-order chi connectivity index (χ0) is 13.0. The predicted molar refractivity (Wildman–Crippen MR) is 76.7 cm³/mol. The van der Waals surface area contributed by atoms with E-state index in [2.05, 4.69) is 34.7 Å². The molecule has 3 heteroatoms. The first-order chi connectivity index (χ1) is 8.50. The van der Waals surface area contributed by atoms with Gasteiger partial charge in [0.2, 0.25) is 5.91 Å². The van der Waals surface area contributed by atoms with E-state index < -0.39 is 0 Å². The van der Waals surface area contributed by atoms with Crippen molar-refractivity contribution >= 4 is 21.8 Å². The van der Waals surface area contributed by atoms with Crippen LogP contribution in [0.25, 0.3) is 0 Å². The summed E-state index contributed by atoms with van der Waals surface area (Å²) < 4.78 is 0.292. The molecule has 0 aromatic rings. The standard InChI is InChI=1S/C15H24BrNO/c1-3-17(4-2)13(18)14-6-11-5-12(7-14)9-15(16,8-11)10-14/h11-12H,3-10H2,1-2H3/t11-,12-,14?,15?/m1/s1. The van der Waals surface area contributed by atoms with E-state index in [0.717, 1.165) is 44.2 Å². The molecule has 0 N–H and O–H groups in total. The Bertz CT molecular complexity index is 350. The van der Waals surface area contributed by atoms with Crippen molar-refractivity contribution in [2.24, 2.45) is 17.3 Å². The lowest BCUT2D eigenvalue weighted by Gasteiger charge is -2.60. The fraction of sp³-hybridized carbons (Fsp3) is 0.933. The highest BCUT2D eigenvalue weighted by molar-refractivity contribution is 9.10. The highest BCUT2D eigenvalue weighted by atomic mass is 79.9. The van der Waals surface area contributed by atoms with E-state index in [-0.39, 0.29) is 5.41 Å². The lowest BCUT2D eigenvalue weighted by molar-refractivity contribution is -0.155. The van der Waals surface area contributed by atoms with Gasteiger partial charge in [0.25, 0.3) is 0 Å². The van der Waals surface area contributed by atoms with Gasteiger partial charge in [0.05, 0.1) is 5.41 Å². The van der Waals surface area contributed by atoms with Gasteiger partial charge in [0.1, 0.15) is 0 Å². The number of amides is 1. The van der Waals surface area contributed by atoms with E-state index in [0.29, 0.717) is 10.2 Å². The Balaban J connectivity index is 1.89. The molecule has 4 fully saturated rings. The summed E-state index contributed by atoms with van der Waals surface area (Å²) in [5, 5.41) is 0. The van der Waals surface area contributed by atoms with Gasteiger partial charge in [-0.1, -0.05) is 15.9 Å². The summed E-state index contributed by atoms with van der Waals surface area (Å²) in [4.78, 5) is 15.0. The summed E-state index contributed by atoms with van der Waals surface area (Å²) in [6, 6.07) is 0. The van der Waals surface area contributed by atoms with E-state index in [1.165, 1.54) is 19.3 Å². The highest BCUT2D eigenvalue weighted by Crippen LogP contribution is 2.64. The van der Waals surface area contributed by atoms with Crippen LogP contribution >= 0.6 is 15.9 Å². The summed E-state index contributed by atoms with van der Waals surface area (Å²) in [5.41, 5.74) is -0.0143. The molecule has 1 amide bonds. The summed E-state index contributed by atoms with van der Waals surface area (Å²) in [6.45, 7) is 5.93. The summed E-state index contributed by atoms with van der Waals surface area (Å²) >= 11 is 3.98. The van der Waals surface area contributed by atoms with Gasteiger partial charge in [-0.05, 0) is 64.2 Å². The third kappa shape index (κ3) is 1.85. The fourth-order valence-electron chi connectivity index (χ4n) is 5.25. The second kappa shape index (κ2) is 4.22. The van der Waals surface area contributed by atoms with Gasteiger partial charge in [-0.15, -0.1) is 0 Å². The molecule has 4 bridgehead atoms. The molecule has 4 rings (SSSR count). The second-order valence-electron chi connectivity index (χ2n) is 6.87. The molecule has 18 heavy (non-hydrogen) atoms. The third-order valence-corrected chi connectivity index (χ3v) is 6.42. The van der Waals surface area contributed by atoms with Crippen molar-refractivity contribution in [3.63, 3.8) is 0 Å². The monoisotopic (exact) mass is 313 g/mol. The average Bonchev–Trinajstić information content (AvgIpc) is 2.27. The van der Waals surface area contributed by atoms with Crippen LogP contribution in [-0.4, -0.2) is 28.2 Å². The van der Waals surface area contributed by atoms with E-state index in [4.69, 9.17) is 0 Å². The molecule has 0 aromatic heterocycles. The maximum Gasteiger partial charge on any atom is 0.228 e. The van der Waals surface area contributed by atoms with Crippen LogP contribution in [0.15, 0.2) is 0 Å². The van der Waals surface area contributed by atoms with Gasteiger partial charge in [-0.3, -0.25) is 4.79 Å². The minimum atomic E-state index is -0.0143. The second-order valence-corrected chi connectivity index (χ2v) is 8.55. The number of hydrogen-bond donors (Lipinski definition) is 0. The van der Waals surface area contributed by atoms with Crippen LogP contribution in [0, 0.1) is 17.3 Å². The largest absolute Gasteiger partial charge is 0.343 e. The van der Waals surface area contributed by atoms with Crippen molar-refractivity contribution in [1.82, 2.24) is 4.90 Å². The van der Waals surface area contributed by atoms with E-state index in [1.54, 1.807) is 0 Å². The quantitative estimate of drug-likeness (QED) is 0.729. The smallest absolute Gasteiger partial charge is 0.228 e. The van der Waals surface area contributed by atoms with Crippen LogP contribution in [0.4, 0.5) is 0 Å². The van der Waals surface area contributed by atoms with Crippen LogP contribution in [0.2, 0.25) is 0 Å². The average molecular weight is 314 g/mol. The van der Waals surface area contributed by atoms with E-state index in [9.17, 15) is 4.79 Å². The number of alkyl halides is 1. The number of carbonyl (C=O) groups is 1. The Morgan fingerprint density at radius 3 is 2.17 bits per heavy atom. The van der Waals surface area contributed by atoms with E-state index in [1.807, 2.05) is 0 Å². The highest BCUT2D eigenvalue weighted by Gasteiger charge is 2.60. The molecule has 0 saturated heterocycles. The van der Waals surface area contributed by atoms with Crippen molar-refractivity contribution < 1.29 is 4.79 Å². The molecule has 2 nitrogen and oxygen atoms in total. The van der Waals surface area contributed by atoms with Gasteiger partial charge < -0.3 is 4.90 Å². The van der Waals surface area contributed by atoms with Crippen molar-refractivity contribution in [3.05, 3.63) is 0 Å². The molecule has 0 spiro atoms. The molecule has 0 aliphatic heterocycles. The van der Waals surface area contributed by atoms with E-state index >= 15 is 0 Å². The molecule has 0 unspecified atom stereocenters. The minimum absolute atomic E-state index is 0.0143. The van der Waals surface area contributed by atoms with Gasteiger partial charge in [-0.2, -0.15) is 0 Å². The minimum Gasteiger partial charge on any atom is -0.343 e. The topological polar surface area (TPSA) is 20.3 Å². The Labute approximate surface area is 119 Å². The van der Waals surface area contributed by atoms with Gasteiger partial charge in [0, 0.05) is 17.4 Å². The first kappa shape index (κ1) is 13.0. The van der Waals surface area contributed by atoms with Gasteiger partial charge in [0.15, 0.2) is 0 Å². The Hall–Kier alpha value is -0.0500.